The Morgan fingerprint density at radius 2 is 1.85 bits per heavy atom. The van der Waals surface area contributed by atoms with E-state index in [1.54, 1.807) is 4.68 Å². The van der Waals surface area contributed by atoms with Gasteiger partial charge in [0.25, 0.3) is 0 Å². The van der Waals surface area contributed by atoms with Crippen molar-refractivity contribution in [2.75, 3.05) is 0 Å². The lowest BCUT2D eigenvalue weighted by molar-refractivity contribution is 0.112. The van der Waals surface area contributed by atoms with E-state index >= 15 is 0 Å². The number of nitrogens with zero attached hydrogens (tertiary/aromatic N) is 2. The molecule has 1 heterocycles. The van der Waals surface area contributed by atoms with Crippen LogP contribution in [0.25, 0.3) is 5.69 Å². The zero-order valence-corrected chi connectivity index (χ0v) is 12.0. The highest BCUT2D eigenvalue weighted by Crippen LogP contribution is 2.33. The van der Waals surface area contributed by atoms with Crippen molar-refractivity contribution in [2.24, 2.45) is 0 Å². The fourth-order valence-corrected chi connectivity index (χ4v) is 3.04. The second kappa shape index (κ2) is 5.80. The Balaban J connectivity index is 1.95. The molecule has 1 aromatic carbocycles. The molecule has 1 aliphatic carbocycles. The molecular weight excluding hydrogens is 272 g/mol. The van der Waals surface area contributed by atoms with Crippen molar-refractivity contribution in [3.05, 3.63) is 46.7 Å². The van der Waals surface area contributed by atoms with Gasteiger partial charge in [-0.05, 0) is 37.1 Å². The number of aldehydes is 1. The molecule has 0 radical (unpaired) electrons. The lowest BCUT2D eigenvalue weighted by atomic mass is 9.86. The average molecular weight is 289 g/mol. The van der Waals surface area contributed by atoms with Gasteiger partial charge in [-0.15, -0.1) is 0 Å². The van der Waals surface area contributed by atoms with Crippen LogP contribution in [-0.4, -0.2) is 16.1 Å². The van der Waals surface area contributed by atoms with Crippen molar-refractivity contribution < 1.29 is 4.79 Å². The Hall–Kier alpha value is -1.61. The number of benzene rings is 1. The van der Waals surface area contributed by atoms with Gasteiger partial charge in [0.1, 0.15) is 0 Å². The summed E-state index contributed by atoms with van der Waals surface area (Å²) in [5, 5.41) is 5.35. The Morgan fingerprint density at radius 3 is 2.50 bits per heavy atom. The van der Waals surface area contributed by atoms with Crippen LogP contribution in [0.15, 0.2) is 30.5 Å². The maximum Gasteiger partial charge on any atom is 0.153 e. The zero-order chi connectivity index (χ0) is 13.9. The normalized spacial score (nSPS) is 16.2. The minimum Gasteiger partial charge on any atom is -0.298 e. The summed E-state index contributed by atoms with van der Waals surface area (Å²) in [4.78, 5) is 11.3. The first kappa shape index (κ1) is 13.4. The largest absolute Gasteiger partial charge is 0.298 e. The molecule has 2 aromatic rings. The summed E-state index contributed by atoms with van der Waals surface area (Å²) >= 11 is 5.90. The van der Waals surface area contributed by atoms with E-state index in [2.05, 4.69) is 5.10 Å². The molecule has 3 rings (SSSR count). The topological polar surface area (TPSA) is 34.9 Å². The number of hydrogen-bond acceptors (Lipinski definition) is 2. The van der Waals surface area contributed by atoms with Crippen LogP contribution in [0.5, 0.6) is 0 Å². The highest BCUT2D eigenvalue weighted by Gasteiger charge is 2.22. The van der Waals surface area contributed by atoms with Crippen molar-refractivity contribution in [3.63, 3.8) is 0 Å². The second-order valence-corrected chi connectivity index (χ2v) is 5.78. The first-order chi connectivity index (χ1) is 9.78. The summed E-state index contributed by atoms with van der Waals surface area (Å²) in [5.74, 6) is 0.428. The lowest BCUT2D eigenvalue weighted by Gasteiger charge is -2.20. The van der Waals surface area contributed by atoms with Gasteiger partial charge in [-0.25, -0.2) is 4.68 Å². The van der Waals surface area contributed by atoms with Crippen LogP contribution < -0.4 is 0 Å². The summed E-state index contributed by atoms with van der Waals surface area (Å²) in [7, 11) is 0. The summed E-state index contributed by atoms with van der Waals surface area (Å²) in [6.45, 7) is 0. The minimum absolute atomic E-state index is 0.428. The van der Waals surface area contributed by atoms with E-state index in [4.69, 9.17) is 11.6 Å². The van der Waals surface area contributed by atoms with Gasteiger partial charge in [-0.1, -0.05) is 30.9 Å². The molecule has 0 amide bonds. The quantitative estimate of drug-likeness (QED) is 0.785. The van der Waals surface area contributed by atoms with Gasteiger partial charge in [-0.3, -0.25) is 4.79 Å². The molecule has 0 aliphatic heterocycles. The molecule has 0 bridgehead atoms. The Morgan fingerprint density at radius 1 is 1.15 bits per heavy atom. The predicted molar refractivity (Wildman–Crippen MR) is 79.8 cm³/mol. The standard InChI is InChI=1S/C16H17ClN2O/c17-14-6-8-15(9-7-14)19-10-13(11-20)16(18-19)12-4-2-1-3-5-12/h6-12H,1-5H2. The smallest absolute Gasteiger partial charge is 0.153 e. The molecule has 104 valence electrons. The van der Waals surface area contributed by atoms with Crippen molar-refractivity contribution >= 4 is 17.9 Å². The molecular formula is C16H17ClN2O. The third-order valence-electron chi connectivity index (χ3n) is 3.98. The van der Waals surface area contributed by atoms with E-state index < -0.39 is 0 Å². The van der Waals surface area contributed by atoms with Crippen LogP contribution in [0.2, 0.25) is 5.02 Å². The predicted octanol–water partition coefficient (Wildman–Crippen LogP) is 4.39. The van der Waals surface area contributed by atoms with Gasteiger partial charge in [-0.2, -0.15) is 5.10 Å². The van der Waals surface area contributed by atoms with E-state index in [0.717, 1.165) is 30.5 Å². The number of hydrogen-bond donors (Lipinski definition) is 0. The molecule has 3 nitrogen and oxygen atoms in total. The second-order valence-electron chi connectivity index (χ2n) is 5.34. The number of carbonyl (C=O) groups excluding carboxylic acids is 1. The highest BCUT2D eigenvalue weighted by atomic mass is 35.5. The molecule has 1 aromatic heterocycles. The maximum atomic E-state index is 11.3. The SMILES string of the molecule is O=Cc1cn(-c2ccc(Cl)cc2)nc1C1CCCCC1. The van der Waals surface area contributed by atoms with Crippen LogP contribution in [-0.2, 0) is 0 Å². The first-order valence-electron chi connectivity index (χ1n) is 7.08. The van der Waals surface area contributed by atoms with Gasteiger partial charge in [0, 0.05) is 17.1 Å². The Kier molecular flexibility index (Phi) is 3.88. The maximum absolute atomic E-state index is 11.3. The summed E-state index contributed by atoms with van der Waals surface area (Å²) in [5.41, 5.74) is 2.60. The van der Waals surface area contributed by atoms with Crippen molar-refractivity contribution in [1.82, 2.24) is 9.78 Å². The van der Waals surface area contributed by atoms with E-state index in [9.17, 15) is 4.79 Å². The van der Waals surface area contributed by atoms with Crippen LogP contribution >= 0.6 is 11.6 Å². The van der Waals surface area contributed by atoms with Gasteiger partial charge in [0.2, 0.25) is 0 Å². The minimum atomic E-state index is 0.428. The van der Waals surface area contributed by atoms with Gasteiger partial charge in [0.05, 0.1) is 16.9 Å². The number of rotatable bonds is 3. The molecule has 0 saturated heterocycles. The molecule has 1 aliphatic rings. The van der Waals surface area contributed by atoms with Crippen LogP contribution in [0.1, 0.15) is 54.1 Å². The number of aromatic nitrogens is 2. The summed E-state index contributed by atoms with van der Waals surface area (Å²) in [6, 6.07) is 7.49. The van der Waals surface area contributed by atoms with E-state index in [1.807, 2.05) is 30.5 Å². The van der Waals surface area contributed by atoms with Crippen molar-refractivity contribution in [2.45, 2.75) is 38.0 Å². The van der Waals surface area contributed by atoms with Gasteiger partial charge < -0.3 is 0 Å². The molecule has 0 unspecified atom stereocenters. The number of carbonyl (C=O) groups is 1. The third kappa shape index (κ3) is 2.63. The Labute approximate surface area is 123 Å². The fraction of sp³-hybridized carbons (Fsp3) is 0.375. The van der Waals surface area contributed by atoms with Crippen molar-refractivity contribution in [3.8, 4) is 5.69 Å². The van der Waals surface area contributed by atoms with E-state index in [0.29, 0.717) is 16.5 Å². The highest BCUT2D eigenvalue weighted by molar-refractivity contribution is 6.30. The van der Waals surface area contributed by atoms with Crippen molar-refractivity contribution in [1.29, 1.82) is 0 Å². The zero-order valence-electron chi connectivity index (χ0n) is 11.3. The van der Waals surface area contributed by atoms with Crippen LogP contribution in [0.3, 0.4) is 0 Å². The van der Waals surface area contributed by atoms with Crippen LogP contribution in [0, 0.1) is 0 Å². The molecule has 0 atom stereocenters. The lowest BCUT2D eigenvalue weighted by Crippen LogP contribution is -2.07. The molecule has 1 saturated carbocycles. The first-order valence-corrected chi connectivity index (χ1v) is 7.46. The summed E-state index contributed by atoms with van der Waals surface area (Å²) in [6.07, 6.45) is 8.78. The van der Waals surface area contributed by atoms with E-state index in [1.165, 1.54) is 19.3 Å². The summed E-state index contributed by atoms with van der Waals surface area (Å²) < 4.78 is 1.78. The molecule has 20 heavy (non-hydrogen) atoms. The average Bonchev–Trinajstić information content (AvgIpc) is 2.93. The molecule has 0 spiro atoms. The van der Waals surface area contributed by atoms with E-state index in [-0.39, 0.29) is 0 Å². The third-order valence-corrected chi connectivity index (χ3v) is 4.23. The monoisotopic (exact) mass is 288 g/mol. The molecule has 0 N–H and O–H groups in total. The van der Waals surface area contributed by atoms with Gasteiger partial charge in [0.15, 0.2) is 6.29 Å². The fourth-order valence-electron chi connectivity index (χ4n) is 2.91. The molecule has 4 heteroatoms. The van der Waals surface area contributed by atoms with Gasteiger partial charge >= 0.3 is 0 Å². The Bertz CT molecular complexity index is 597. The molecule has 1 fully saturated rings. The van der Waals surface area contributed by atoms with Crippen LogP contribution in [0.4, 0.5) is 0 Å². The number of halogens is 1.